The summed E-state index contributed by atoms with van der Waals surface area (Å²) in [7, 11) is 0. The Morgan fingerprint density at radius 2 is 1.75 bits per heavy atom. The van der Waals surface area contributed by atoms with Crippen LogP contribution < -0.4 is 11.1 Å². The molecular formula is C12H10ClFN2. The van der Waals surface area contributed by atoms with Gasteiger partial charge in [0, 0.05) is 16.4 Å². The van der Waals surface area contributed by atoms with Crippen LogP contribution in [0.1, 0.15) is 0 Å². The van der Waals surface area contributed by atoms with Crippen molar-refractivity contribution in [1.82, 2.24) is 0 Å². The van der Waals surface area contributed by atoms with E-state index >= 15 is 0 Å². The Bertz CT molecular complexity index is 497. The van der Waals surface area contributed by atoms with E-state index in [0.717, 1.165) is 5.69 Å². The van der Waals surface area contributed by atoms with Crippen LogP contribution in [0, 0.1) is 5.82 Å². The predicted octanol–water partition coefficient (Wildman–Crippen LogP) is 3.80. The van der Waals surface area contributed by atoms with Crippen LogP contribution in [-0.4, -0.2) is 0 Å². The van der Waals surface area contributed by atoms with Crippen LogP contribution in [0.4, 0.5) is 21.5 Å². The molecule has 0 bridgehead atoms. The minimum atomic E-state index is -0.385. The summed E-state index contributed by atoms with van der Waals surface area (Å²) in [6.45, 7) is 0. The molecular weight excluding hydrogens is 227 g/mol. The van der Waals surface area contributed by atoms with Gasteiger partial charge in [0.25, 0.3) is 0 Å². The van der Waals surface area contributed by atoms with Gasteiger partial charge >= 0.3 is 0 Å². The molecule has 82 valence electrons. The molecule has 0 radical (unpaired) electrons. The van der Waals surface area contributed by atoms with Gasteiger partial charge in [0.2, 0.25) is 0 Å². The second-order valence-corrected chi connectivity index (χ2v) is 3.81. The Balaban J connectivity index is 2.23. The normalized spacial score (nSPS) is 10.1. The molecule has 0 saturated carbocycles. The fourth-order valence-corrected chi connectivity index (χ4v) is 1.47. The maximum Gasteiger partial charge on any atom is 0.148 e. The lowest BCUT2D eigenvalue weighted by atomic mass is 10.2. The Labute approximate surface area is 97.8 Å². The molecule has 2 aromatic carbocycles. The monoisotopic (exact) mass is 236 g/mol. The highest BCUT2D eigenvalue weighted by atomic mass is 35.5. The minimum absolute atomic E-state index is 0.375. The molecule has 0 amide bonds. The fourth-order valence-electron chi connectivity index (χ4n) is 1.31. The zero-order valence-corrected chi connectivity index (χ0v) is 9.13. The number of nitrogen functional groups attached to an aromatic ring is 1. The van der Waals surface area contributed by atoms with Gasteiger partial charge in [0.15, 0.2) is 0 Å². The van der Waals surface area contributed by atoms with Crippen molar-refractivity contribution >= 4 is 28.7 Å². The summed E-state index contributed by atoms with van der Waals surface area (Å²) in [6.07, 6.45) is 0. The second-order valence-electron chi connectivity index (χ2n) is 3.37. The number of rotatable bonds is 2. The maximum absolute atomic E-state index is 13.4. The van der Waals surface area contributed by atoms with Gasteiger partial charge in [-0.1, -0.05) is 11.6 Å². The Kier molecular flexibility index (Phi) is 2.97. The molecule has 3 N–H and O–H groups in total. The molecule has 4 heteroatoms. The van der Waals surface area contributed by atoms with Gasteiger partial charge in [-0.25, -0.2) is 4.39 Å². The van der Waals surface area contributed by atoms with Gasteiger partial charge in [-0.3, -0.25) is 0 Å². The molecule has 0 fully saturated rings. The highest BCUT2D eigenvalue weighted by molar-refractivity contribution is 6.30. The third-order valence-electron chi connectivity index (χ3n) is 2.12. The fraction of sp³-hybridized carbons (Fsp3) is 0. The number of hydrogen-bond donors (Lipinski definition) is 2. The molecule has 0 spiro atoms. The molecule has 2 nitrogen and oxygen atoms in total. The van der Waals surface area contributed by atoms with Crippen molar-refractivity contribution in [3.05, 3.63) is 53.3 Å². The molecule has 0 aliphatic carbocycles. The van der Waals surface area contributed by atoms with E-state index in [-0.39, 0.29) is 5.82 Å². The first-order chi connectivity index (χ1) is 7.65. The third-order valence-corrected chi connectivity index (χ3v) is 2.36. The van der Waals surface area contributed by atoms with Gasteiger partial charge in [0.05, 0.1) is 5.69 Å². The lowest BCUT2D eigenvalue weighted by Gasteiger charge is -2.07. The molecule has 0 unspecified atom stereocenters. The van der Waals surface area contributed by atoms with Crippen LogP contribution >= 0.6 is 11.6 Å². The van der Waals surface area contributed by atoms with E-state index in [2.05, 4.69) is 5.32 Å². The Morgan fingerprint density at radius 3 is 2.38 bits per heavy atom. The average Bonchev–Trinajstić information content (AvgIpc) is 2.25. The smallest absolute Gasteiger partial charge is 0.148 e. The number of nitrogens with one attached hydrogen (secondary N) is 1. The molecule has 2 rings (SSSR count). The van der Waals surface area contributed by atoms with Gasteiger partial charge in [-0.2, -0.15) is 0 Å². The molecule has 0 heterocycles. The summed E-state index contributed by atoms with van der Waals surface area (Å²) in [5, 5.41) is 3.31. The van der Waals surface area contributed by atoms with E-state index in [0.29, 0.717) is 16.4 Å². The first-order valence-corrected chi connectivity index (χ1v) is 5.10. The minimum Gasteiger partial charge on any atom is -0.399 e. The largest absolute Gasteiger partial charge is 0.399 e. The Morgan fingerprint density at radius 1 is 1.06 bits per heavy atom. The SMILES string of the molecule is Nc1ccc(Nc2ccc(Cl)cc2F)cc1. The number of nitrogens with two attached hydrogens (primary N) is 1. The van der Waals surface area contributed by atoms with E-state index in [9.17, 15) is 4.39 Å². The number of anilines is 3. The predicted molar refractivity (Wildman–Crippen MR) is 65.5 cm³/mol. The number of benzene rings is 2. The van der Waals surface area contributed by atoms with Crippen LogP contribution in [0.3, 0.4) is 0 Å². The summed E-state index contributed by atoms with van der Waals surface area (Å²) in [5.74, 6) is -0.385. The van der Waals surface area contributed by atoms with Crippen molar-refractivity contribution in [2.75, 3.05) is 11.1 Å². The summed E-state index contributed by atoms with van der Waals surface area (Å²) in [6, 6.07) is 11.5. The molecule has 0 atom stereocenters. The van der Waals surface area contributed by atoms with E-state index in [1.807, 2.05) is 0 Å². The summed E-state index contributed by atoms with van der Waals surface area (Å²) in [5.41, 5.74) is 7.38. The first kappa shape index (κ1) is 10.8. The maximum atomic E-state index is 13.4. The van der Waals surface area contributed by atoms with Crippen molar-refractivity contribution < 1.29 is 4.39 Å². The van der Waals surface area contributed by atoms with Gasteiger partial charge in [0.1, 0.15) is 5.82 Å². The number of hydrogen-bond acceptors (Lipinski definition) is 2. The van der Waals surface area contributed by atoms with E-state index in [1.54, 1.807) is 36.4 Å². The van der Waals surface area contributed by atoms with E-state index in [1.165, 1.54) is 6.07 Å². The highest BCUT2D eigenvalue weighted by Crippen LogP contribution is 2.23. The number of halogens is 2. The third kappa shape index (κ3) is 2.44. The first-order valence-electron chi connectivity index (χ1n) is 4.73. The van der Waals surface area contributed by atoms with Crippen LogP contribution in [0.25, 0.3) is 0 Å². The van der Waals surface area contributed by atoms with Crippen molar-refractivity contribution in [3.63, 3.8) is 0 Å². The summed E-state index contributed by atoms with van der Waals surface area (Å²) in [4.78, 5) is 0. The molecule has 0 aliphatic rings. The van der Waals surface area contributed by atoms with E-state index < -0.39 is 0 Å². The van der Waals surface area contributed by atoms with Crippen LogP contribution in [-0.2, 0) is 0 Å². The average molecular weight is 237 g/mol. The highest BCUT2D eigenvalue weighted by Gasteiger charge is 2.02. The molecule has 2 aromatic rings. The van der Waals surface area contributed by atoms with Crippen LogP contribution in [0.5, 0.6) is 0 Å². The lowest BCUT2D eigenvalue weighted by Crippen LogP contribution is -1.94. The van der Waals surface area contributed by atoms with Crippen LogP contribution in [0.2, 0.25) is 5.02 Å². The second kappa shape index (κ2) is 4.41. The van der Waals surface area contributed by atoms with Crippen molar-refractivity contribution in [3.8, 4) is 0 Å². The quantitative estimate of drug-likeness (QED) is 0.779. The molecule has 16 heavy (non-hydrogen) atoms. The van der Waals surface area contributed by atoms with Gasteiger partial charge < -0.3 is 11.1 Å². The topological polar surface area (TPSA) is 38.0 Å². The van der Waals surface area contributed by atoms with E-state index in [4.69, 9.17) is 17.3 Å². The standard InChI is InChI=1S/C12H10ClFN2/c13-8-1-6-12(11(14)7-8)16-10-4-2-9(15)3-5-10/h1-7,16H,15H2. The molecule has 0 aromatic heterocycles. The van der Waals surface area contributed by atoms with Crippen molar-refractivity contribution in [2.24, 2.45) is 0 Å². The van der Waals surface area contributed by atoms with Crippen molar-refractivity contribution in [2.45, 2.75) is 0 Å². The summed E-state index contributed by atoms with van der Waals surface area (Å²) >= 11 is 5.66. The lowest BCUT2D eigenvalue weighted by molar-refractivity contribution is 0.632. The van der Waals surface area contributed by atoms with Gasteiger partial charge in [-0.15, -0.1) is 0 Å². The van der Waals surface area contributed by atoms with Gasteiger partial charge in [-0.05, 0) is 42.5 Å². The summed E-state index contributed by atoms with van der Waals surface area (Å²) < 4.78 is 13.4. The van der Waals surface area contributed by atoms with Crippen LogP contribution in [0.15, 0.2) is 42.5 Å². The van der Waals surface area contributed by atoms with Crippen molar-refractivity contribution in [1.29, 1.82) is 0 Å². The zero-order chi connectivity index (χ0) is 11.5. The molecule has 0 aliphatic heterocycles. The molecule has 0 saturated heterocycles. The Hall–Kier alpha value is -1.74. The zero-order valence-electron chi connectivity index (χ0n) is 8.37.